The number of benzene rings is 1. The van der Waals surface area contributed by atoms with Crippen LogP contribution in [-0.4, -0.2) is 16.2 Å². The fourth-order valence-electron chi connectivity index (χ4n) is 2.16. The van der Waals surface area contributed by atoms with Gasteiger partial charge in [-0.15, -0.1) is 0 Å². The Kier molecular flexibility index (Phi) is 2.04. The molecule has 3 nitrogen and oxygen atoms in total. The van der Waals surface area contributed by atoms with E-state index in [1.807, 2.05) is 19.1 Å². The van der Waals surface area contributed by atoms with Gasteiger partial charge < -0.3 is 10.2 Å². The summed E-state index contributed by atoms with van der Waals surface area (Å²) in [5.41, 5.74) is 2.52. The van der Waals surface area contributed by atoms with Crippen molar-refractivity contribution in [2.24, 2.45) is 0 Å². The average Bonchev–Trinajstić information content (AvgIpc) is 2.46. The number of aliphatic hydroxyl groups is 1. The molecule has 1 aliphatic carbocycles. The number of carboxylic acid groups (broad SMARTS) is 1. The zero-order valence-corrected chi connectivity index (χ0v) is 7.90. The molecule has 0 aliphatic heterocycles. The normalized spacial score (nSPS) is 24.7. The first-order valence-electron chi connectivity index (χ1n) is 4.61. The smallest absolute Gasteiger partial charge is 0.311 e. The van der Waals surface area contributed by atoms with Crippen LogP contribution in [0, 0.1) is 6.92 Å². The van der Waals surface area contributed by atoms with Gasteiger partial charge in [0, 0.05) is 0 Å². The topological polar surface area (TPSA) is 57.5 Å². The van der Waals surface area contributed by atoms with Crippen LogP contribution in [0.5, 0.6) is 0 Å². The lowest BCUT2D eigenvalue weighted by Gasteiger charge is -2.08. The first kappa shape index (κ1) is 9.21. The Morgan fingerprint density at radius 3 is 2.86 bits per heavy atom. The summed E-state index contributed by atoms with van der Waals surface area (Å²) in [6.45, 7) is 1.88. The largest absolute Gasteiger partial charge is 0.481 e. The van der Waals surface area contributed by atoms with E-state index in [1.165, 1.54) is 0 Å². The van der Waals surface area contributed by atoms with Gasteiger partial charge in [-0.3, -0.25) is 4.79 Å². The standard InChI is InChI=1S/C11H12O3/c1-6-3-2-4-7-9(12)5-8(10(6)7)11(13)14/h2-4,8-9,12H,5H2,1H3,(H,13,14). The Balaban J connectivity index is 2.56. The van der Waals surface area contributed by atoms with E-state index in [2.05, 4.69) is 0 Å². The van der Waals surface area contributed by atoms with E-state index < -0.39 is 18.0 Å². The summed E-state index contributed by atoms with van der Waals surface area (Å²) in [4.78, 5) is 11.0. The average molecular weight is 192 g/mol. The van der Waals surface area contributed by atoms with Crippen molar-refractivity contribution in [1.82, 2.24) is 0 Å². The van der Waals surface area contributed by atoms with E-state index in [0.717, 1.165) is 16.7 Å². The molecule has 0 saturated heterocycles. The van der Waals surface area contributed by atoms with Crippen molar-refractivity contribution < 1.29 is 15.0 Å². The summed E-state index contributed by atoms with van der Waals surface area (Å²) < 4.78 is 0. The monoisotopic (exact) mass is 192 g/mol. The van der Waals surface area contributed by atoms with Gasteiger partial charge in [-0.2, -0.15) is 0 Å². The minimum atomic E-state index is -0.850. The quantitative estimate of drug-likeness (QED) is 0.710. The highest BCUT2D eigenvalue weighted by Crippen LogP contribution is 2.41. The van der Waals surface area contributed by atoms with Crippen LogP contribution in [-0.2, 0) is 4.79 Å². The van der Waals surface area contributed by atoms with Crippen LogP contribution < -0.4 is 0 Å². The van der Waals surface area contributed by atoms with Crippen LogP contribution in [0.2, 0.25) is 0 Å². The summed E-state index contributed by atoms with van der Waals surface area (Å²) in [5.74, 6) is -1.39. The van der Waals surface area contributed by atoms with Crippen LogP contribution in [0.4, 0.5) is 0 Å². The molecule has 2 unspecified atom stereocenters. The van der Waals surface area contributed by atoms with Gasteiger partial charge in [-0.05, 0) is 30.0 Å². The number of carbonyl (C=O) groups is 1. The van der Waals surface area contributed by atoms with Gasteiger partial charge in [0.1, 0.15) is 0 Å². The lowest BCUT2D eigenvalue weighted by atomic mass is 9.97. The number of aryl methyl sites for hydroxylation is 1. The van der Waals surface area contributed by atoms with E-state index in [4.69, 9.17) is 5.11 Å². The number of aliphatic carboxylic acids is 1. The molecular formula is C11H12O3. The van der Waals surface area contributed by atoms with Crippen molar-refractivity contribution >= 4 is 5.97 Å². The molecule has 3 heteroatoms. The number of carboxylic acids is 1. The molecule has 0 bridgehead atoms. The predicted octanol–water partition coefficient (Wildman–Crippen LogP) is 1.60. The van der Waals surface area contributed by atoms with Gasteiger partial charge in [-0.25, -0.2) is 0 Å². The Bertz CT molecular complexity index is 384. The maximum Gasteiger partial charge on any atom is 0.311 e. The summed E-state index contributed by atoms with van der Waals surface area (Å²) >= 11 is 0. The molecule has 2 rings (SSSR count). The minimum Gasteiger partial charge on any atom is -0.481 e. The SMILES string of the molecule is Cc1cccc2c1C(C(=O)O)CC2O. The molecule has 0 amide bonds. The van der Waals surface area contributed by atoms with Gasteiger partial charge >= 0.3 is 5.97 Å². The Hall–Kier alpha value is -1.35. The number of aliphatic hydroxyl groups excluding tert-OH is 1. The van der Waals surface area contributed by atoms with Crippen molar-refractivity contribution in [2.75, 3.05) is 0 Å². The second-order valence-electron chi connectivity index (χ2n) is 3.72. The maximum absolute atomic E-state index is 11.0. The van der Waals surface area contributed by atoms with Crippen molar-refractivity contribution in [3.8, 4) is 0 Å². The molecule has 74 valence electrons. The van der Waals surface area contributed by atoms with E-state index in [1.54, 1.807) is 6.07 Å². The van der Waals surface area contributed by atoms with Crippen molar-refractivity contribution in [3.63, 3.8) is 0 Å². The molecule has 0 fully saturated rings. The lowest BCUT2D eigenvalue weighted by Crippen LogP contribution is -2.09. The third-order valence-corrected chi connectivity index (χ3v) is 2.82. The van der Waals surface area contributed by atoms with Gasteiger partial charge in [0.2, 0.25) is 0 Å². The molecule has 0 heterocycles. The third-order valence-electron chi connectivity index (χ3n) is 2.82. The molecule has 0 radical (unpaired) electrons. The Morgan fingerprint density at radius 2 is 2.21 bits per heavy atom. The zero-order chi connectivity index (χ0) is 10.3. The Morgan fingerprint density at radius 1 is 1.50 bits per heavy atom. The van der Waals surface area contributed by atoms with Gasteiger partial charge in [0.25, 0.3) is 0 Å². The predicted molar refractivity (Wildman–Crippen MR) is 51.1 cm³/mol. The Labute approximate surface area is 82.0 Å². The molecule has 1 aromatic carbocycles. The molecule has 14 heavy (non-hydrogen) atoms. The molecule has 0 saturated carbocycles. The van der Waals surface area contributed by atoms with Gasteiger partial charge in [0.15, 0.2) is 0 Å². The van der Waals surface area contributed by atoms with Crippen LogP contribution >= 0.6 is 0 Å². The fourth-order valence-corrected chi connectivity index (χ4v) is 2.16. The second kappa shape index (κ2) is 3.10. The van der Waals surface area contributed by atoms with Crippen LogP contribution in [0.3, 0.4) is 0 Å². The van der Waals surface area contributed by atoms with E-state index in [-0.39, 0.29) is 0 Å². The number of rotatable bonds is 1. The highest BCUT2D eigenvalue weighted by atomic mass is 16.4. The highest BCUT2D eigenvalue weighted by molar-refractivity contribution is 5.78. The molecule has 2 atom stereocenters. The summed E-state index contributed by atoms with van der Waals surface area (Å²) in [6, 6.07) is 5.53. The van der Waals surface area contributed by atoms with Crippen LogP contribution in [0.15, 0.2) is 18.2 Å². The lowest BCUT2D eigenvalue weighted by molar-refractivity contribution is -0.139. The zero-order valence-electron chi connectivity index (χ0n) is 7.90. The minimum absolute atomic E-state index is 0.301. The number of fused-ring (bicyclic) bond motifs is 1. The van der Waals surface area contributed by atoms with Crippen LogP contribution in [0.25, 0.3) is 0 Å². The summed E-state index contributed by atoms with van der Waals surface area (Å²) in [7, 11) is 0. The van der Waals surface area contributed by atoms with E-state index in [0.29, 0.717) is 6.42 Å². The third kappa shape index (κ3) is 1.21. The molecule has 1 aliphatic rings. The van der Waals surface area contributed by atoms with Crippen molar-refractivity contribution in [2.45, 2.75) is 25.4 Å². The first-order valence-corrected chi connectivity index (χ1v) is 4.61. The summed E-state index contributed by atoms with van der Waals surface area (Å²) in [5, 5.41) is 18.7. The first-order chi connectivity index (χ1) is 6.61. The number of hydrogen-bond acceptors (Lipinski definition) is 2. The molecule has 0 spiro atoms. The molecule has 0 aromatic heterocycles. The number of hydrogen-bond donors (Lipinski definition) is 2. The fraction of sp³-hybridized carbons (Fsp3) is 0.364. The van der Waals surface area contributed by atoms with Gasteiger partial charge in [0.05, 0.1) is 12.0 Å². The molecular weight excluding hydrogens is 180 g/mol. The summed E-state index contributed by atoms with van der Waals surface area (Å²) in [6.07, 6.45) is -0.318. The molecule has 2 N–H and O–H groups in total. The second-order valence-corrected chi connectivity index (χ2v) is 3.72. The highest BCUT2D eigenvalue weighted by Gasteiger charge is 2.35. The maximum atomic E-state index is 11.0. The molecule has 1 aromatic rings. The van der Waals surface area contributed by atoms with Crippen LogP contribution in [0.1, 0.15) is 35.1 Å². The van der Waals surface area contributed by atoms with Crippen molar-refractivity contribution in [1.29, 1.82) is 0 Å². The van der Waals surface area contributed by atoms with E-state index in [9.17, 15) is 9.90 Å². The van der Waals surface area contributed by atoms with Crippen molar-refractivity contribution in [3.05, 3.63) is 34.9 Å². The van der Waals surface area contributed by atoms with E-state index >= 15 is 0 Å². The van der Waals surface area contributed by atoms with Gasteiger partial charge in [-0.1, -0.05) is 18.2 Å².